The average molecular weight is 398 g/mol. The number of nitrogens with one attached hydrogen (secondary N) is 2. The van der Waals surface area contributed by atoms with E-state index in [1.165, 1.54) is 11.3 Å². The zero-order chi connectivity index (χ0) is 19.5. The van der Waals surface area contributed by atoms with E-state index in [0.717, 1.165) is 48.1 Å². The number of methoxy groups -OCH3 is 1. The van der Waals surface area contributed by atoms with Crippen LogP contribution in [0.1, 0.15) is 35.1 Å². The Labute approximate surface area is 167 Å². The van der Waals surface area contributed by atoms with Gasteiger partial charge in [0.2, 0.25) is 5.95 Å². The molecular weight excluding hydrogens is 376 g/mol. The summed E-state index contributed by atoms with van der Waals surface area (Å²) in [5.74, 6) is 2.06. The van der Waals surface area contributed by atoms with Crippen LogP contribution in [0.5, 0.6) is 5.75 Å². The molecule has 4 rings (SSSR count). The molecule has 1 aliphatic heterocycles. The van der Waals surface area contributed by atoms with E-state index in [-0.39, 0.29) is 5.91 Å². The molecule has 3 aromatic rings. The van der Waals surface area contributed by atoms with Crippen molar-refractivity contribution in [2.75, 3.05) is 25.5 Å². The van der Waals surface area contributed by atoms with Gasteiger partial charge in [-0.3, -0.25) is 10.1 Å². The third-order valence-corrected chi connectivity index (χ3v) is 5.67. The second-order valence-corrected chi connectivity index (χ2v) is 7.52. The van der Waals surface area contributed by atoms with Crippen molar-refractivity contribution in [3.05, 3.63) is 41.2 Å². The van der Waals surface area contributed by atoms with Gasteiger partial charge in [-0.05, 0) is 50.2 Å². The fourth-order valence-electron chi connectivity index (χ4n) is 3.18. The van der Waals surface area contributed by atoms with E-state index in [2.05, 4.69) is 25.7 Å². The number of thiazole rings is 1. The minimum absolute atomic E-state index is 0.289. The largest absolute Gasteiger partial charge is 0.497 e. The van der Waals surface area contributed by atoms with Gasteiger partial charge in [0.05, 0.1) is 7.11 Å². The molecule has 146 valence electrons. The van der Waals surface area contributed by atoms with Crippen molar-refractivity contribution >= 4 is 23.2 Å². The lowest BCUT2D eigenvalue weighted by Crippen LogP contribution is -2.27. The Balaban J connectivity index is 1.46. The number of piperidine rings is 1. The molecule has 2 N–H and O–H groups in total. The number of amides is 1. The van der Waals surface area contributed by atoms with Crippen LogP contribution in [0.2, 0.25) is 0 Å². The monoisotopic (exact) mass is 398 g/mol. The van der Waals surface area contributed by atoms with Gasteiger partial charge >= 0.3 is 0 Å². The first-order chi connectivity index (χ1) is 13.6. The molecule has 0 atom stereocenters. The Kier molecular flexibility index (Phi) is 5.36. The minimum Gasteiger partial charge on any atom is -0.497 e. The molecule has 28 heavy (non-hydrogen) atoms. The van der Waals surface area contributed by atoms with Gasteiger partial charge in [-0.15, -0.1) is 11.3 Å². The van der Waals surface area contributed by atoms with Crippen molar-refractivity contribution in [2.45, 2.75) is 18.8 Å². The maximum atomic E-state index is 12.6. The quantitative estimate of drug-likeness (QED) is 0.686. The smallest absolute Gasteiger partial charge is 0.277 e. The fraction of sp³-hybridized carbons (Fsp3) is 0.368. The van der Waals surface area contributed by atoms with E-state index in [4.69, 9.17) is 4.74 Å². The molecule has 0 aliphatic carbocycles. The molecule has 8 nitrogen and oxygen atoms in total. The number of benzene rings is 1. The Hall–Kier alpha value is -2.78. The van der Waals surface area contributed by atoms with Gasteiger partial charge in [0.25, 0.3) is 5.91 Å². The maximum Gasteiger partial charge on any atom is 0.277 e. The van der Waals surface area contributed by atoms with E-state index in [9.17, 15) is 4.79 Å². The number of aromatic nitrogens is 4. The molecule has 1 fully saturated rings. The summed E-state index contributed by atoms with van der Waals surface area (Å²) in [4.78, 5) is 21.6. The van der Waals surface area contributed by atoms with Crippen molar-refractivity contribution in [1.82, 2.24) is 25.1 Å². The van der Waals surface area contributed by atoms with E-state index in [1.54, 1.807) is 24.2 Å². The highest BCUT2D eigenvalue weighted by atomic mass is 32.1. The zero-order valence-corrected chi connectivity index (χ0v) is 16.6. The molecular formula is C19H22N6O2S. The number of nitrogens with zero attached hydrogens (tertiary/aromatic N) is 4. The Bertz CT molecular complexity index is 959. The Morgan fingerprint density at radius 2 is 2.00 bits per heavy atom. The first kappa shape index (κ1) is 18.6. The summed E-state index contributed by atoms with van der Waals surface area (Å²) < 4.78 is 6.79. The van der Waals surface area contributed by atoms with Crippen molar-refractivity contribution in [3.8, 4) is 16.3 Å². The summed E-state index contributed by atoms with van der Waals surface area (Å²) in [5.41, 5.74) is 1.30. The van der Waals surface area contributed by atoms with Gasteiger partial charge in [-0.2, -0.15) is 10.1 Å². The lowest BCUT2D eigenvalue weighted by Gasteiger charge is -2.19. The van der Waals surface area contributed by atoms with Crippen LogP contribution in [0.25, 0.3) is 10.6 Å². The molecule has 9 heteroatoms. The minimum atomic E-state index is -0.289. The molecule has 2 aromatic heterocycles. The van der Waals surface area contributed by atoms with Crippen molar-refractivity contribution < 1.29 is 9.53 Å². The van der Waals surface area contributed by atoms with Gasteiger partial charge < -0.3 is 10.1 Å². The van der Waals surface area contributed by atoms with Crippen LogP contribution in [0, 0.1) is 0 Å². The Morgan fingerprint density at radius 3 is 2.71 bits per heavy atom. The van der Waals surface area contributed by atoms with Crippen molar-refractivity contribution in [2.24, 2.45) is 7.05 Å². The summed E-state index contributed by atoms with van der Waals surface area (Å²) in [5, 5.41) is 13.2. The summed E-state index contributed by atoms with van der Waals surface area (Å²) >= 11 is 1.42. The number of rotatable bonds is 5. The van der Waals surface area contributed by atoms with Crippen LogP contribution >= 0.6 is 11.3 Å². The molecule has 0 saturated carbocycles. The number of anilines is 1. The topological polar surface area (TPSA) is 94.0 Å². The number of ether oxygens (including phenoxy) is 1. The lowest BCUT2D eigenvalue weighted by molar-refractivity contribution is 0.102. The molecule has 1 amide bonds. The molecule has 0 spiro atoms. The van der Waals surface area contributed by atoms with Gasteiger partial charge in [-0.1, -0.05) is 0 Å². The third kappa shape index (κ3) is 3.90. The second-order valence-electron chi connectivity index (χ2n) is 6.66. The van der Waals surface area contributed by atoms with Gasteiger partial charge in [-0.25, -0.2) is 9.67 Å². The molecule has 0 radical (unpaired) electrons. The van der Waals surface area contributed by atoms with Gasteiger partial charge in [0.15, 0.2) is 5.82 Å². The third-order valence-electron chi connectivity index (χ3n) is 4.78. The number of carbonyl (C=O) groups is 1. The highest BCUT2D eigenvalue weighted by molar-refractivity contribution is 7.13. The molecule has 1 saturated heterocycles. The van der Waals surface area contributed by atoms with Gasteiger partial charge in [0.1, 0.15) is 16.5 Å². The zero-order valence-electron chi connectivity index (χ0n) is 15.8. The van der Waals surface area contributed by atoms with Crippen LogP contribution < -0.4 is 15.4 Å². The molecule has 1 aliphatic rings. The molecule has 0 bridgehead atoms. The first-order valence-corrected chi connectivity index (χ1v) is 10.0. The number of aryl methyl sites for hydroxylation is 1. The van der Waals surface area contributed by atoms with Crippen LogP contribution in [0.3, 0.4) is 0 Å². The predicted molar refractivity (Wildman–Crippen MR) is 108 cm³/mol. The second kappa shape index (κ2) is 8.07. The predicted octanol–water partition coefficient (Wildman–Crippen LogP) is 2.67. The van der Waals surface area contributed by atoms with Crippen molar-refractivity contribution in [1.29, 1.82) is 0 Å². The SMILES string of the molecule is COc1ccc(-c2nc(C(=O)Nc3nc(C4CCNCC4)nn3C)cs2)cc1. The van der Waals surface area contributed by atoms with E-state index < -0.39 is 0 Å². The van der Waals surface area contributed by atoms with E-state index in [1.807, 2.05) is 24.3 Å². The normalized spacial score (nSPS) is 14.8. The maximum absolute atomic E-state index is 12.6. The van der Waals surface area contributed by atoms with Crippen molar-refractivity contribution in [3.63, 3.8) is 0 Å². The summed E-state index contributed by atoms with van der Waals surface area (Å²) in [6.07, 6.45) is 2.02. The van der Waals surface area contributed by atoms with E-state index in [0.29, 0.717) is 17.6 Å². The number of hydrogen-bond donors (Lipinski definition) is 2. The highest BCUT2D eigenvalue weighted by Gasteiger charge is 2.22. The highest BCUT2D eigenvalue weighted by Crippen LogP contribution is 2.26. The Morgan fingerprint density at radius 1 is 1.25 bits per heavy atom. The standard InChI is InChI=1S/C19H22N6O2S/c1-25-19(22-16(24-25)12-7-9-20-10-8-12)23-17(26)15-11-28-18(21-15)13-3-5-14(27-2)6-4-13/h3-6,11-12,20H,7-10H2,1-2H3,(H,22,23,24,26). The van der Waals surface area contributed by atoms with Crippen LogP contribution in [0.15, 0.2) is 29.6 Å². The van der Waals surface area contributed by atoms with Crippen LogP contribution in [0.4, 0.5) is 5.95 Å². The summed E-state index contributed by atoms with van der Waals surface area (Å²) in [7, 11) is 3.42. The molecule has 1 aromatic carbocycles. The summed E-state index contributed by atoms with van der Waals surface area (Å²) in [6.45, 7) is 1.94. The molecule has 0 unspecified atom stereocenters. The van der Waals surface area contributed by atoms with E-state index >= 15 is 0 Å². The van der Waals surface area contributed by atoms with Crippen LogP contribution in [-0.4, -0.2) is 45.9 Å². The molecule has 3 heterocycles. The summed E-state index contributed by atoms with van der Waals surface area (Å²) in [6, 6.07) is 7.59. The van der Waals surface area contributed by atoms with Gasteiger partial charge in [0, 0.05) is 23.9 Å². The average Bonchev–Trinajstić information content (AvgIpc) is 3.36. The fourth-order valence-corrected chi connectivity index (χ4v) is 3.98. The first-order valence-electron chi connectivity index (χ1n) is 9.17. The number of carbonyl (C=O) groups excluding carboxylic acids is 1. The lowest BCUT2D eigenvalue weighted by atomic mass is 9.98. The number of hydrogen-bond acceptors (Lipinski definition) is 7. The van der Waals surface area contributed by atoms with Crippen LogP contribution in [-0.2, 0) is 7.05 Å².